The van der Waals surface area contributed by atoms with Gasteiger partial charge < -0.3 is 4.74 Å². The number of amides is 1. The van der Waals surface area contributed by atoms with Crippen molar-refractivity contribution in [2.75, 3.05) is 12.5 Å². The number of carbonyl (C=O) groups excluding carboxylic acids is 1. The molecule has 170 valence electrons. The van der Waals surface area contributed by atoms with E-state index in [-0.39, 0.29) is 11.4 Å². The highest BCUT2D eigenvalue weighted by atomic mass is 35.5. The fourth-order valence-corrected chi connectivity index (χ4v) is 4.84. The number of benzene rings is 2. The molecule has 0 radical (unpaired) electrons. The molecule has 10 heteroatoms. The molecule has 0 unspecified atom stereocenters. The molecule has 0 saturated carbocycles. The minimum absolute atomic E-state index is 0.0457. The van der Waals surface area contributed by atoms with Gasteiger partial charge >= 0.3 is 0 Å². The number of sulfonamides is 1. The van der Waals surface area contributed by atoms with Crippen LogP contribution < -0.4 is 10.2 Å². The number of hydrogen-bond acceptors (Lipinski definition) is 5. The van der Waals surface area contributed by atoms with Gasteiger partial charge in [0.15, 0.2) is 0 Å². The first-order chi connectivity index (χ1) is 14.7. The lowest BCUT2D eigenvalue weighted by Crippen LogP contribution is -2.51. The number of nitrogens with zero attached hydrogens (tertiary/aromatic N) is 1. The molecule has 31 heavy (non-hydrogen) atoms. The van der Waals surface area contributed by atoms with Gasteiger partial charge in [0, 0.05) is 12.4 Å². The molecule has 2 rings (SSSR count). The van der Waals surface area contributed by atoms with E-state index in [2.05, 4.69) is 0 Å². The first-order valence-electron chi connectivity index (χ1n) is 9.69. The maximum atomic E-state index is 13.5. The van der Waals surface area contributed by atoms with Crippen molar-refractivity contribution in [3.63, 3.8) is 0 Å². The zero-order chi connectivity index (χ0) is 23.0. The number of halogens is 2. The fourth-order valence-electron chi connectivity index (χ4n) is 3.02. The molecule has 0 bridgehead atoms. The molecule has 0 saturated heterocycles. The Morgan fingerprint density at radius 3 is 2.29 bits per heavy atom. The average Bonchev–Trinajstić information content (AvgIpc) is 2.74. The third-order valence-electron chi connectivity index (χ3n) is 4.55. The Morgan fingerprint density at radius 2 is 1.77 bits per heavy atom. The van der Waals surface area contributed by atoms with E-state index in [9.17, 15) is 22.8 Å². The van der Waals surface area contributed by atoms with E-state index in [0.717, 1.165) is 4.31 Å². The van der Waals surface area contributed by atoms with E-state index in [1.165, 1.54) is 48.5 Å². The molecule has 0 fully saturated rings. The minimum Gasteiger partial charge on any atom is -0.494 e. The van der Waals surface area contributed by atoms with Crippen molar-refractivity contribution in [3.8, 4) is 5.75 Å². The van der Waals surface area contributed by atoms with Gasteiger partial charge in [-0.3, -0.25) is 10.0 Å². The molecule has 1 atom stereocenters. The Morgan fingerprint density at radius 1 is 1.16 bits per heavy atom. The van der Waals surface area contributed by atoms with Gasteiger partial charge in [-0.25, -0.2) is 18.3 Å². The van der Waals surface area contributed by atoms with Crippen LogP contribution in [0.15, 0.2) is 53.4 Å². The average molecular weight is 473 g/mol. The van der Waals surface area contributed by atoms with E-state index in [1.54, 1.807) is 19.3 Å². The first-order valence-corrected chi connectivity index (χ1v) is 11.7. The smallest absolute Gasteiger partial charge is 0.262 e. The lowest BCUT2D eigenvalue weighted by atomic mass is 10.0. The van der Waals surface area contributed by atoms with Crippen LogP contribution in [0.2, 0.25) is 0 Å². The Balaban J connectivity index is 2.42. The number of hydrogen-bond donors (Lipinski definition) is 2. The molecule has 0 aliphatic heterocycles. The number of nitrogens with one attached hydrogen (secondary N) is 1. The monoisotopic (exact) mass is 472 g/mol. The Hall–Kier alpha value is -2.20. The topological polar surface area (TPSA) is 95.9 Å². The maximum absolute atomic E-state index is 13.5. The third kappa shape index (κ3) is 6.64. The van der Waals surface area contributed by atoms with Gasteiger partial charge in [0.1, 0.15) is 17.6 Å². The molecule has 2 aromatic carbocycles. The van der Waals surface area contributed by atoms with Crippen LogP contribution in [0.4, 0.5) is 4.39 Å². The van der Waals surface area contributed by atoms with Gasteiger partial charge in [-0.1, -0.05) is 26.0 Å². The number of ether oxygens (including phenoxy) is 1. The van der Waals surface area contributed by atoms with Gasteiger partial charge in [-0.15, -0.1) is 11.6 Å². The van der Waals surface area contributed by atoms with Crippen LogP contribution in [-0.4, -0.2) is 42.4 Å². The lowest BCUT2D eigenvalue weighted by Gasteiger charge is -2.32. The summed E-state index contributed by atoms with van der Waals surface area (Å²) in [4.78, 5) is 12.3. The van der Waals surface area contributed by atoms with Crippen LogP contribution in [0.3, 0.4) is 0 Å². The summed E-state index contributed by atoms with van der Waals surface area (Å²) in [7, 11) is -4.16. The van der Waals surface area contributed by atoms with E-state index in [1.807, 2.05) is 0 Å². The minimum atomic E-state index is -4.16. The SMILES string of the molecule is CC(C)[C@H](C(=O)NO)N(Cc1ccc(F)cc1)S(=O)(=O)c1ccc(OCCCCl)cc1. The lowest BCUT2D eigenvalue weighted by molar-refractivity contribution is -0.134. The summed E-state index contributed by atoms with van der Waals surface area (Å²) in [5.74, 6) is -0.838. The normalized spacial score (nSPS) is 12.7. The second-order valence-corrected chi connectivity index (χ2v) is 9.47. The van der Waals surface area contributed by atoms with Crippen LogP contribution in [0.1, 0.15) is 25.8 Å². The summed E-state index contributed by atoms with van der Waals surface area (Å²) in [5.41, 5.74) is 2.04. The summed E-state index contributed by atoms with van der Waals surface area (Å²) >= 11 is 5.62. The Labute approximate surface area is 186 Å². The molecule has 0 heterocycles. The van der Waals surface area contributed by atoms with Crippen LogP contribution in [-0.2, 0) is 21.4 Å². The standard InChI is InChI=1S/C21H26ClFN2O5S/c1-15(2)20(21(26)24-27)25(14-16-4-6-17(23)7-5-16)31(28,29)19-10-8-18(9-11-19)30-13-3-12-22/h4-11,15,20,27H,3,12-14H2,1-2H3,(H,24,26)/t20-/m1/s1. The molecule has 0 aromatic heterocycles. The zero-order valence-corrected chi connectivity index (χ0v) is 18.9. The second kappa shape index (κ2) is 11.4. The molecule has 7 nitrogen and oxygen atoms in total. The zero-order valence-electron chi connectivity index (χ0n) is 17.3. The molecular weight excluding hydrogens is 447 g/mol. The number of carbonyl (C=O) groups is 1. The van der Waals surface area contributed by atoms with Crippen molar-refractivity contribution in [2.45, 2.75) is 37.8 Å². The molecule has 0 aliphatic rings. The van der Waals surface area contributed by atoms with Gasteiger partial charge in [0.2, 0.25) is 10.0 Å². The van der Waals surface area contributed by atoms with Gasteiger partial charge in [0.05, 0.1) is 11.5 Å². The number of alkyl halides is 1. The predicted molar refractivity (Wildman–Crippen MR) is 115 cm³/mol. The molecule has 2 N–H and O–H groups in total. The molecule has 0 aliphatic carbocycles. The Bertz CT molecular complexity index is 953. The van der Waals surface area contributed by atoms with Gasteiger partial charge in [-0.05, 0) is 54.3 Å². The summed E-state index contributed by atoms with van der Waals surface area (Å²) in [6, 6.07) is 9.93. The van der Waals surface area contributed by atoms with Crippen molar-refractivity contribution in [2.24, 2.45) is 5.92 Å². The van der Waals surface area contributed by atoms with E-state index < -0.39 is 33.7 Å². The second-order valence-electron chi connectivity index (χ2n) is 7.20. The quantitative estimate of drug-likeness (QED) is 0.226. The summed E-state index contributed by atoms with van der Waals surface area (Å²) in [6.45, 7) is 3.55. The fraction of sp³-hybridized carbons (Fsp3) is 0.381. The summed E-state index contributed by atoms with van der Waals surface area (Å²) in [6.07, 6.45) is 0.652. The predicted octanol–water partition coefficient (Wildman–Crippen LogP) is 3.55. The highest BCUT2D eigenvalue weighted by molar-refractivity contribution is 7.89. The summed E-state index contributed by atoms with van der Waals surface area (Å²) in [5, 5.41) is 9.18. The largest absolute Gasteiger partial charge is 0.494 e. The van der Waals surface area contributed by atoms with Crippen molar-refractivity contribution in [1.29, 1.82) is 0 Å². The van der Waals surface area contributed by atoms with E-state index >= 15 is 0 Å². The molecule has 2 aromatic rings. The third-order valence-corrected chi connectivity index (χ3v) is 6.66. The highest BCUT2D eigenvalue weighted by Crippen LogP contribution is 2.26. The van der Waals surface area contributed by atoms with Crippen LogP contribution >= 0.6 is 11.6 Å². The van der Waals surface area contributed by atoms with Gasteiger partial charge in [0.25, 0.3) is 5.91 Å². The van der Waals surface area contributed by atoms with Crippen LogP contribution in [0.5, 0.6) is 5.75 Å². The number of rotatable bonds is 11. The summed E-state index contributed by atoms with van der Waals surface area (Å²) < 4.78 is 46.7. The maximum Gasteiger partial charge on any atom is 0.262 e. The molecule has 0 spiro atoms. The van der Waals surface area contributed by atoms with E-state index in [4.69, 9.17) is 16.3 Å². The van der Waals surface area contributed by atoms with Crippen molar-refractivity contribution in [1.82, 2.24) is 9.79 Å². The van der Waals surface area contributed by atoms with Crippen LogP contribution in [0, 0.1) is 11.7 Å². The highest BCUT2D eigenvalue weighted by Gasteiger charge is 2.38. The van der Waals surface area contributed by atoms with Crippen molar-refractivity contribution >= 4 is 27.5 Å². The van der Waals surface area contributed by atoms with Crippen LogP contribution in [0.25, 0.3) is 0 Å². The van der Waals surface area contributed by atoms with E-state index in [0.29, 0.717) is 30.2 Å². The first kappa shape index (κ1) is 25.1. The van der Waals surface area contributed by atoms with Crippen molar-refractivity contribution in [3.05, 3.63) is 59.9 Å². The Kier molecular flexibility index (Phi) is 9.24. The van der Waals surface area contributed by atoms with Gasteiger partial charge in [-0.2, -0.15) is 4.31 Å². The number of hydroxylamine groups is 1. The van der Waals surface area contributed by atoms with Crippen molar-refractivity contribution < 1.29 is 27.5 Å². The molecule has 1 amide bonds. The molecular formula is C21H26ClFN2O5S.